The molecule has 1 unspecified atom stereocenters. The van der Waals surface area contributed by atoms with Crippen LogP contribution in [-0.2, 0) is 0 Å². The lowest BCUT2D eigenvalue weighted by Gasteiger charge is -2.14. The minimum atomic E-state index is 0.523. The summed E-state index contributed by atoms with van der Waals surface area (Å²) >= 11 is 0. The molecule has 78 valence electrons. The SMILES string of the molecule is Cc1cccc(NCC(C)CN)c1C. The molecule has 0 bridgehead atoms. The molecule has 1 aromatic carbocycles. The summed E-state index contributed by atoms with van der Waals surface area (Å²) < 4.78 is 0. The Labute approximate surface area is 86.5 Å². The Morgan fingerprint density at radius 2 is 2.07 bits per heavy atom. The van der Waals surface area contributed by atoms with Crippen molar-refractivity contribution in [2.45, 2.75) is 20.8 Å². The van der Waals surface area contributed by atoms with Gasteiger partial charge in [0.2, 0.25) is 0 Å². The highest BCUT2D eigenvalue weighted by Crippen LogP contribution is 2.17. The molecular formula is C12H20N2. The highest BCUT2D eigenvalue weighted by molar-refractivity contribution is 5.53. The van der Waals surface area contributed by atoms with Gasteiger partial charge in [0.05, 0.1) is 0 Å². The zero-order valence-corrected chi connectivity index (χ0v) is 9.30. The van der Waals surface area contributed by atoms with Crippen molar-refractivity contribution in [3.63, 3.8) is 0 Å². The van der Waals surface area contributed by atoms with Gasteiger partial charge in [-0.05, 0) is 43.5 Å². The summed E-state index contributed by atoms with van der Waals surface area (Å²) in [6.07, 6.45) is 0. The van der Waals surface area contributed by atoms with Gasteiger partial charge in [-0.1, -0.05) is 19.1 Å². The van der Waals surface area contributed by atoms with Crippen LogP contribution in [-0.4, -0.2) is 13.1 Å². The van der Waals surface area contributed by atoms with Gasteiger partial charge in [0, 0.05) is 12.2 Å². The van der Waals surface area contributed by atoms with Crippen LogP contribution in [0.25, 0.3) is 0 Å². The first-order chi connectivity index (χ1) is 6.65. The van der Waals surface area contributed by atoms with Crippen LogP contribution in [0.3, 0.4) is 0 Å². The van der Waals surface area contributed by atoms with Crippen molar-refractivity contribution in [2.75, 3.05) is 18.4 Å². The third kappa shape index (κ3) is 2.74. The Bertz CT molecular complexity index is 294. The Morgan fingerprint density at radius 3 is 2.71 bits per heavy atom. The quantitative estimate of drug-likeness (QED) is 0.768. The van der Waals surface area contributed by atoms with Gasteiger partial charge in [0.1, 0.15) is 0 Å². The molecule has 1 rings (SSSR count). The van der Waals surface area contributed by atoms with Crippen LogP contribution in [0.4, 0.5) is 5.69 Å². The zero-order valence-electron chi connectivity index (χ0n) is 9.30. The second kappa shape index (κ2) is 5.01. The van der Waals surface area contributed by atoms with E-state index >= 15 is 0 Å². The molecule has 0 amide bonds. The van der Waals surface area contributed by atoms with Crippen LogP contribution in [0.2, 0.25) is 0 Å². The molecular weight excluding hydrogens is 172 g/mol. The lowest BCUT2D eigenvalue weighted by Crippen LogP contribution is -2.20. The molecule has 0 aliphatic carbocycles. The van der Waals surface area contributed by atoms with Crippen LogP contribution >= 0.6 is 0 Å². The second-order valence-corrected chi connectivity index (χ2v) is 3.97. The van der Waals surface area contributed by atoms with Crippen LogP contribution in [0.5, 0.6) is 0 Å². The molecule has 0 saturated heterocycles. The average Bonchev–Trinajstić information content (AvgIpc) is 2.20. The molecule has 2 heteroatoms. The van der Waals surface area contributed by atoms with Crippen molar-refractivity contribution in [3.8, 4) is 0 Å². The molecule has 1 atom stereocenters. The first kappa shape index (κ1) is 11.1. The third-order valence-electron chi connectivity index (χ3n) is 2.65. The second-order valence-electron chi connectivity index (χ2n) is 3.97. The Hall–Kier alpha value is -1.02. The van der Waals surface area contributed by atoms with E-state index in [-0.39, 0.29) is 0 Å². The molecule has 1 aromatic rings. The third-order valence-corrected chi connectivity index (χ3v) is 2.65. The van der Waals surface area contributed by atoms with Gasteiger partial charge in [-0.15, -0.1) is 0 Å². The summed E-state index contributed by atoms with van der Waals surface area (Å²) in [5.74, 6) is 0.523. The monoisotopic (exact) mass is 192 g/mol. The summed E-state index contributed by atoms with van der Waals surface area (Å²) in [5, 5.41) is 3.42. The number of nitrogens with two attached hydrogens (primary N) is 1. The van der Waals surface area contributed by atoms with E-state index in [1.807, 2.05) is 0 Å². The van der Waals surface area contributed by atoms with Crippen molar-refractivity contribution in [3.05, 3.63) is 29.3 Å². The fourth-order valence-electron chi connectivity index (χ4n) is 1.31. The molecule has 0 fully saturated rings. The summed E-state index contributed by atoms with van der Waals surface area (Å²) in [6, 6.07) is 6.33. The van der Waals surface area contributed by atoms with Gasteiger partial charge in [0.15, 0.2) is 0 Å². The van der Waals surface area contributed by atoms with E-state index in [1.165, 1.54) is 16.8 Å². The molecule has 14 heavy (non-hydrogen) atoms. The number of nitrogens with one attached hydrogen (secondary N) is 1. The predicted octanol–water partition coefficient (Wildman–Crippen LogP) is 2.31. The maximum atomic E-state index is 5.56. The lowest BCUT2D eigenvalue weighted by atomic mass is 10.1. The highest BCUT2D eigenvalue weighted by Gasteiger charge is 2.02. The van der Waals surface area contributed by atoms with Crippen molar-refractivity contribution in [1.29, 1.82) is 0 Å². The molecule has 0 aliphatic rings. The number of hydrogen-bond donors (Lipinski definition) is 2. The lowest BCUT2D eigenvalue weighted by molar-refractivity contribution is 0.628. The highest BCUT2D eigenvalue weighted by atomic mass is 14.9. The van der Waals surface area contributed by atoms with Crippen LogP contribution < -0.4 is 11.1 Å². The maximum absolute atomic E-state index is 5.56. The van der Waals surface area contributed by atoms with Crippen molar-refractivity contribution < 1.29 is 0 Å². The van der Waals surface area contributed by atoms with Crippen LogP contribution in [0.15, 0.2) is 18.2 Å². The first-order valence-corrected chi connectivity index (χ1v) is 5.15. The van der Waals surface area contributed by atoms with Crippen LogP contribution in [0, 0.1) is 19.8 Å². The number of hydrogen-bond acceptors (Lipinski definition) is 2. The van der Waals surface area contributed by atoms with Gasteiger partial charge >= 0.3 is 0 Å². The molecule has 0 radical (unpaired) electrons. The van der Waals surface area contributed by atoms with E-state index in [1.54, 1.807) is 0 Å². The van der Waals surface area contributed by atoms with Gasteiger partial charge < -0.3 is 11.1 Å². The van der Waals surface area contributed by atoms with Crippen LogP contribution in [0.1, 0.15) is 18.1 Å². The van der Waals surface area contributed by atoms with Crippen molar-refractivity contribution in [2.24, 2.45) is 11.7 Å². The van der Waals surface area contributed by atoms with Gasteiger partial charge in [-0.25, -0.2) is 0 Å². The molecule has 2 nitrogen and oxygen atoms in total. The van der Waals surface area contributed by atoms with E-state index < -0.39 is 0 Å². The summed E-state index contributed by atoms with van der Waals surface area (Å²) in [5.41, 5.74) is 9.45. The Balaban J connectivity index is 2.63. The van der Waals surface area contributed by atoms with Gasteiger partial charge in [-0.3, -0.25) is 0 Å². The molecule has 0 aliphatic heterocycles. The fourth-order valence-corrected chi connectivity index (χ4v) is 1.31. The van der Waals surface area contributed by atoms with E-state index in [0.717, 1.165) is 13.1 Å². The smallest absolute Gasteiger partial charge is 0.0372 e. The van der Waals surface area contributed by atoms with E-state index in [4.69, 9.17) is 5.73 Å². The maximum Gasteiger partial charge on any atom is 0.0372 e. The molecule has 0 aromatic heterocycles. The molecule has 3 N–H and O–H groups in total. The topological polar surface area (TPSA) is 38.0 Å². The molecule has 0 saturated carbocycles. The molecule has 0 heterocycles. The van der Waals surface area contributed by atoms with E-state index in [0.29, 0.717) is 5.92 Å². The number of aryl methyl sites for hydroxylation is 1. The summed E-state index contributed by atoms with van der Waals surface area (Å²) in [4.78, 5) is 0. The fraction of sp³-hybridized carbons (Fsp3) is 0.500. The van der Waals surface area contributed by atoms with E-state index in [2.05, 4.69) is 44.3 Å². The van der Waals surface area contributed by atoms with Crippen molar-refractivity contribution >= 4 is 5.69 Å². The van der Waals surface area contributed by atoms with Gasteiger partial charge in [-0.2, -0.15) is 0 Å². The minimum Gasteiger partial charge on any atom is -0.385 e. The Kier molecular flexibility index (Phi) is 3.96. The number of anilines is 1. The van der Waals surface area contributed by atoms with E-state index in [9.17, 15) is 0 Å². The first-order valence-electron chi connectivity index (χ1n) is 5.15. The standard InChI is InChI=1S/C12H20N2/c1-9(7-13)8-14-12-6-4-5-10(2)11(12)3/h4-6,9,14H,7-8,13H2,1-3H3. The summed E-state index contributed by atoms with van der Waals surface area (Å²) in [6.45, 7) is 8.11. The Morgan fingerprint density at radius 1 is 1.36 bits per heavy atom. The van der Waals surface area contributed by atoms with Crippen molar-refractivity contribution in [1.82, 2.24) is 0 Å². The normalized spacial score (nSPS) is 12.6. The van der Waals surface area contributed by atoms with Gasteiger partial charge in [0.25, 0.3) is 0 Å². The zero-order chi connectivity index (χ0) is 10.6. The largest absolute Gasteiger partial charge is 0.385 e. The summed E-state index contributed by atoms with van der Waals surface area (Å²) in [7, 11) is 0. The average molecular weight is 192 g/mol. The number of rotatable bonds is 4. The molecule has 0 spiro atoms. The predicted molar refractivity (Wildman–Crippen MR) is 62.6 cm³/mol. The number of benzene rings is 1. The minimum absolute atomic E-state index is 0.523.